The number of halogens is 2. The Kier molecular flexibility index (Phi) is 3.89. The summed E-state index contributed by atoms with van der Waals surface area (Å²) in [5.74, 6) is 0.671. The van der Waals surface area contributed by atoms with Gasteiger partial charge in [-0.25, -0.2) is 4.79 Å². The van der Waals surface area contributed by atoms with E-state index < -0.39 is 12.3 Å². The summed E-state index contributed by atoms with van der Waals surface area (Å²) >= 11 is 12.2. The summed E-state index contributed by atoms with van der Waals surface area (Å²) in [4.78, 5) is 12.3. The van der Waals surface area contributed by atoms with Crippen molar-refractivity contribution in [3.05, 3.63) is 52.0 Å². The molecule has 2 aromatic carbocycles. The SMILES string of the molecule is CN(C(=O)O)C1Cc2cccc(-c3ccc(Cl)cc3Cl)c2O1. The lowest BCUT2D eigenvalue weighted by molar-refractivity contribution is 0.0610. The molecule has 114 valence electrons. The minimum absolute atomic E-state index is 0.511. The van der Waals surface area contributed by atoms with E-state index >= 15 is 0 Å². The molecule has 3 rings (SSSR count). The average Bonchev–Trinajstić information content (AvgIpc) is 2.90. The van der Waals surface area contributed by atoms with Crippen molar-refractivity contribution in [1.29, 1.82) is 0 Å². The maximum Gasteiger partial charge on any atom is 0.409 e. The van der Waals surface area contributed by atoms with E-state index in [-0.39, 0.29) is 0 Å². The van der Waals surface area contributed by atoms with Gasteiger partial charge in [0.25, 0.3) is 0 Å². The third-order valence-corrected chi connectivity index (χ3v) is 4.25. The van der Waals surface area contributed by atoms with E-state index in [1.54, 1.807) is 12.1 Å². The maximum atomic E-state index is 11.1. The summed E-state index contributed by atoms with van der Waals surface area (Å²) in [6.07, 6.45) is -1.04. The Morgan fingerprint density at radius 1 is 1.27 bits per heavy atom. The number of benzene rings is 2. The number of hydrogen-bond donors (Lipinski definition) is 1. The van der Waals surface area contributed by atoms with Crippen molar-refractivity contribution in [1.82, 2.24) is 4.90 Å². The van der Waals surface area contributed by atoms with Crippen molar-refractivity contribution in [2.24, 2.45) is 0 Å². The molecule has 6 heteroatoms. The van der Waals surface area contributed by atoms with Gasteiger partial charge in [-0.2, -0.15) is 0 Å². The van der Waals surface area contributed by atoms with Crippen molar-refractivity contribution in [2.45, 2.75) is 12.6 Å². The zero-order valence-electron chi connectivity index (χ0n) is 11.7. The van der Waals surface area contributed by atoms with Crippen LogP contribution >= 0.6 is 23.2 Å². The van der Waals surface area contributed by atoms with Crippen LogP contribution in [0.4, 0.5) is 4.79 Å². The van der Waals surface area contributed by atoms with E-state index in [1.165, 1.54) is 7.05 Å². The molecule has 0 aromatic heterocycles. The highest BCUT2D eigenvalue weighted by Crippen LogP contribution is 2.42. The van der Waals surface area contributed by atoms with E-state index in [2.05, 4.69) is 0 Å². The summed E-state index contributed by atoms with van der Waals surface area (Å²) < 4.78 is 5.85. The molecule has 1 aliphatic rings. The Balaban J connectivity index is 2.01. The molecule has 0 saturated carbocycles. The molecular formula is C16H13Cl2NO3. The predicted octanol–water partition coefficient (Wildman–Crippen LogP) is 4.53. The van der Waals surface area contributed by atoms with Gasteiger partial charge in [-0.1, -0.05) is 47.5 Å². The Labute approximate surface area is 137 Å². The van der Waals surface area contributed by atoms with Crippen molar-refractivity contribution < 1.29 is 14.6 Å². The lowest BCUT2D eigenvalue weighted by Crippen LogP contribution is -2.38. The summed E-state index contributed by atoms with van der Waals surface area (Å²) in [7, 11) is 1.49. The van der Waals surface area contributed by atoms with Gasteiger partial charge < -0.3 is 9.84 Å². The number of hydrogen-bond acceptors (Lipinski definition) is 2. The normalized spacial score (nSPS) is 16.0. The first-order valence-electron chi connectivity index (χ1n) is 6.67. The largest absolute Gasteiger partial charge is 0.469 e. The smallest absolute Gasteiger partial charge is 0.409 e. The monoisotopic (exact) mass is 337 g/mol. The number of para-hydroxylation sites is 1. The summed E-state index contributed by atoms with van der Waals surface area (Å²) in [5, 5.41) is 10.2. The molecule has 1 heterocycles. The van der Waals surface area contributed by atoms with Crippen LogP contribution in [-0.2, 0) is 6.42 Å². The van der Waals surface area contributed by atoms with Crippen LogP contribution in [0.3, 0.4) is 0 Å². The number of carboxylic acid groups (broad SMARTS) is 1. The third kappa shape index (κ3) is 2.60. The number of carbonyl (C=O) groups is 1. The molecule has 1 aliphatic heterocycles. The second-order valence-electron chi connectivity index (χ2n) is 5.09. The molecule has 1 unspecified atom stereocenters. The van der Waals surface area contributed by atoms with Crippen LogP contribution in [0.1, 0.15) is 5.56 Å². The molecule has 2 aromatic rings. The second-order valence-corrected chi connectivity index (χ2v) is 5.93. The Hall–Kier alpha value is -1.91. The van der Waals surface area contributed by atoms with Crippen molar-refractivity contribution in [3.63, 3.8) is 0 Å². The van der Waals surface area contributed by atoms with Crippen LogP contribution in [-0.4, -0.2) is 29.4 Å². The third-order valence-electron chi connectivity index (χ3n) is 3.70. The Morgan fingerprint density at radius 2 is 2.05 bits per heavy atom. The fraction of sp³-hybridized carbons (Fsp3) is 0.188. The van der Waals surface area contributed by atoms with E-state index in [9.17, 15) is 4.79 Å². The topological polar surface area (TPSA) is 49.8 Å². The molecule has 22 heavy (non-hydrogen) atoms. The number of ether oxygens (including phenoxy) is 1. The lowest BCUT2D eigenvalue weighted by Gasteiger charge is -2.21. The standard InChI is InChI=1S/C16H13Cl2NO3/c1-19(16(20)21)14-7-9-3-2-4-12(15(9)22-14)11-6-5-10(17)8-13(11)18/h2-6,8,14H,7H2,1H3,(H,20,21). The molecule has 0 bridgehead atoms. The minimum Gasteiger partial charge on any atom is -0.469 e. The molecule has 0 aliphatic carbocycles. The molecule has 0 spiro atoms. The number of fused-ring (bicyclic) bond motifs is 1. The molecule has 0 fully saturated rings. The van der Waals surface area contributed by atoms with Gasteiger partial charge in [0.2, 0.25) is 0 Å². The lowest BCUT2D eigenvalue weighted by atomic mass is 10.0. The highest BCUT2D eigenvalue weighted by atomic mass is 35.5. The summed E-state index contributed by atoms with van der Waals surface area (Å²) in [5.41, 5.74) is 2.60. The molecule has 1 amide bonds. The molecule has 1 atom stereocenters. The van der Waals surface area contributed by atoms with Gasteiger partial charge in [0.15, 0.2) is 6.23 Å². The van der Waals surface area contributed by atoms with Crippen LogP contribution in [0.5, 0.6) is 5.75 Å². The molecule has 0 saturated heterocycles. The average molecular weight is 338 g/mol. The molecule has 4 nitrogen and oxygen atoms in total. The minimum atomic E-state index is -1.02. The van der Waals surface area contributed by atoms with Gasteiger partial charge in [0.05, 0.1) is 5.02 Å². The summed E-state index contributed by atoms with van der Waals surface area (Å²) in [6.45, 7) is 0. The highest BCUT2D eigenvalue weighted by Gasteiger charge is 2.31. The van der Waals surface area contributed by atoms with Crippen LogP contribution in [0.2, 0.25) is 10.0 Å². The second kappa shape index (κ2) is 5.71. The quantitative estimate of drug-likeness (QED) is 0.875. The van der Waals surface area contributed by atoms with Crippen LogP contribution < -0.4 is 4.74 Å². The van der Waals surface area contributed by atoms with E-state index in [1.807, 2.05) is 24.3 Å². The van der Waals surface area contributed by atoms with Gasteiger partial charge >= 0.3 is 6.09 Å². The van der Waals surface area contributed by atoms with Gasteiger partial charge in [0.1, 0.15) is 5.75 Å². The van der Waals surface area contributed by atoms with Gasteiger partial charge in [-0.3, -0.25) is 4.90 Å². The van der Waals surface area contributed by atoms with Crippen molar-refractivity contribution in [2.75, 3.05) is 7.05 Å². The number of amides is 1. The highest BCUT2D eigenvalue weighted by molar-refractivity contribution is 6.36. The zero-order valence-corrected chi connectivity index (χ0v) is 13.2. The fourth-order valence-corrected chi connectivity index (χ4v) is 3.02. The first-order chi connectivity index (χ1) is 10.5. The number of nitrogens with zero attached hydrogens (tertiary/aromatic N) is 1. The van der Waals surface area contributed by atoms with E-state index in [4.69, 9.17) is 33.0 Å². The number of rotatable bonds is 2. The van der Waals surface area contributed by atoms with Crippen LogP contribution in [0, 0.1) is 0 Å². The first-order valence-corrected chi connectivity index (χ1v) is 7.42. The fourth-order valence-electron chi connectivity index (χ4n) is 2.51. The van der Waals surface area contributed by atoms with Gasteiger partial charge in [-0.05, 0) is 12.1 Å². The maximum absolute atomic E-state index is 11.1. The van der Waals surface area contributed by atoms with Gasteiger partial charge in [-0.15, -0.1) is 0 Å². The predicted molar refractivity (Wildman–Crippen MR) is 85.8 cm³/mol. The van der Waals surface area contributed by atoms with E-state index in [0.717, 1.165) is 21.6 Å². The van der Waals surface area contributed by atoms with Crippen LogP contribution in [0.25, 0.3) is 11.1 Å². The Bertz CT molecular complexity index is 748. The summed E-state index contributed by atoms with van der Waals surface area (Å²) in [6, 6.07) is 11.0. The molecular weight excluding hydrogens is 325 g/mol. The van der Waals surface area contributed by atoms with E-state index in [0.29, 0.717) is 22.2 Å². The Morgan fingerprint density at radius 3 is 2.73 bits per heavy atom. The molecule has 0 radical (unpaired) electrons. The molecule has 1 N–H and O–H groups in total. The first kappa shape index (κ1) is 15.0. The van der Waals surface area contributed by atoms with Crippen molar-refractivity contribution in [3.8, 4) is 16.9 Å². The van der Waals surface area contributed by atoms with Crippen LogP contribution in [0.15, 0.2) is 36.4 Å². The van der Waals surface area contributed by atoms with Gasteiger partial charge in [0, 0.05) is 35.2 Å². The van der Waals surface area contributed by atoms with Crippen molar-refractivity contribution >= 4 is 29.3 Å². The number of likely N-dealkylation sites (N-methyl/N-ethyl adjacent to an activating group) is 1. The zero-order chi connectivity index (χ0) is 15.9.